The average Bonchev–Trinajstić information content (AvgIpc) is 2.36. The van der Waals surface area contributed by atoms with Crippen LogP contribution in [0.5, 0.6) is 11.5 Å². The number of rotatable bonds is 2. The number of hydrogen-bond acceptors (Lipinski definition) is 3. The predicted molar refractivity (Wildman–Crippen MR) is 61.0 cm³/mol. The SMILES string of the molecule is C=CC(=O)N1CCOc2ccc(OC)cc21. The van der Waals surface area contributed by atoms with Crippen LogP contribution < -0.4 is 14.4 Å². The summed E-state index contributed by atoms with van der Waals surface area (Å²) in [6, 6.07) is 5.40. The van der Waals surface area contributed by atoms with Crippen molar-refractivity contribution in [3.63, 3.8) is 0 Å². The first kappa shape index (κ1) is 10.5. The summed E-state index contributed by atoms with van der Waals surface area (Å²) >= 11 is 0. The van der Waals surface area contributed by atoms with Crippen molar-refractivity contribution in [1.29, 1.82) is 0 Å². The van der Waals surface area contributed by atoms with E-state index in [0.29, 0.717) is 24.7 Å². The van der Waals surface area contributed by atoms with Gasteiger partial charge in [0.05, 0.1) is 19.3 Å². The molecular weight excluding hydrogens is 206 g/mol. The zero-order chi connectivity index (χ0) is 11.5. The summed E-state index contributed by atoms with van der Waals surface area (Å²) in [5.74, 6) is 1.27. The number of methoxy groups -OCH3 is 1. The zero-order valence-electron chi connectivity index (χ0n) is 9.10. The molecule has 1 amide bonds. The van der Waals surface area contributed by atoms with E-state index in [9.17, 15) is 4.79 Å². The minimum atomic E-state index is -0.127. The van der Waals surface area contributed by atoms with Crippen LogP contribution in [0.4, 0.5) is 5.69 Å². The fraction of sp³-hybridized carbons (Fsp3) is 0.250. The Morgan fingerprint density at radius 1 is 1.62 bits per heavy atom. The zero-order valence-corrected chi connectivity index (χ0v) is 9.10. The lowest BCUT2D eigenvalue weighted by Crippen LogP contribution is -2.36. The monoisotopic (exact) mass is 219 g/mol. The number of hydrogen-bond donors (Lipinski definition) is 0. The molecule has 1 aromatic rings. The highest BCUT2D eigenvalue weighted by atomic mass is 16.5. The second-order valence-electron chi connectivity index (χ2n) is 3.38. The van der Waals surface area contributed by atoms with Gasteiger partial charge in [0.15, 0.2) is 0 Å². The van der Waals surface area contributed by atoms with E-state index in [2.05, 4.69) is 6.58 Å². The van der Waals surface area contributed by atoms with Gasteiger partial charge in [0.1, 0.15) is 18.1 Å². The van der Waals surface area contributed by atoms with Gasteiger partial charge < -0.3 is 14.4 Å². The number of fused-ring (bicyclic) bond motifs is 1. The summed E-state index contributed by atoms with van der Waals surface area (Å²) in [5, 5.41) is 0. The third kappa shape index (κ3) is 1.74. The molecule has 0 unspecified atom stereocenters. The van der Waals surface area contributed by atoms with Crippen molar-refractivity contribution >= 4 is 11.6 Å². The fourth-order valence-electron chi connectivity index (χ4n) is 1.66. The third-order valence-corrected chi connectivity index (χ3v) is 2.47. The molecule has 0 fully saturated rings. The van der Waals surface area contributed by atoms with E-state index in [0.717, 1.165) is 5.69 Å². The maximum atomic E-state index is 11.6. The summed E-state index contributed by atoms with van der Waals surface area (Å²) in [6.45, 7) is 4.52. The molecule has 0 bridgehead atoms. The summed E-state index contributed by atoms with van der Waals surface area (Å²) in [4.78, 5) is 13.3. The average molecular weight is 219 g/mol. The highest BCUT2D eigenvalue weighted by molar-refractivity contribution is 6.02. The molecule has 4 heteroatoms. The Morgan fingerprint density at radius 3 is 3.12 bits per heavy atom. The Morgan fingerprint density at radius 2 is 2.44 bits per heavy atom. The van der Waals surface area contributed by atoms with E-state index in [1.807, 2.05) is 0 Å². The topological polar surface area (TPSA) is 38.8 Å². The molecule has 0 atom stereocenters. The van der Waals surface area contributed by atoms with Gasteiger partial charge in [-0.05, 0) is 18.2 Å². The molecule has 0 saturated heterocycles. The molecule has 1 aliphatic heterocycles. The first-order valence-corrected chi connectivity index (χ1v) is 5.01. The molecule has 1 heterocycles. The Labute approximate surface area is 94.1 Å². The first-order valence-electron chi connectivity index (χ1n) is 5.01. The lowest BCUT2D eigenvalue weighted by molar-refractivity contribution is -0.114. The lowest BCUT2D eigenvalue weighted by atomic mass is 10.2. The van der Waals surface area contributed by atoms with Crippen LogP contribution in [-0.4, -0.2) is 26.2 Å². The first-order chi connectivity index (χ1) is 7.76. The molecule has 0 spiro atoms. The molecule has 84 valence electrons. The van der Waals surface area contributed by atoms with Gasteiger partial charge in [-0.15, -0.1) is 0 Å². The molecule has 1 aliphatic rings. The molecule has 2 rings (SSSR count). The number of benzene rings is 1. The molecule has 0 N–H and O–H groups in total. The van der Waals surface area contributed by atoms with Crippen molar-refractivity contribution in [2.24, 2.45) is 0 Å². The van der Waals surface area contributed by atoms with E-state index in [1.54, 1.807) is 30.2 Å². The second kappa shape index (κ2) is 4.26. The Bertz CT molecular complexity index is 428. The van der Waals surface area contributed by atoms with Gasteiger partial charge in [0.2, 0.25) is 0 Å². The Hall–Kier alpha value is -1.97. The van der Waals surface area contributed by atoms with Gasteiger partial charge in [-0.25, -0.2) is 0 Å². The molecule has 0 radical (unpaired) electrons. The molecule has 0 aliphatic carbocycles. The summed E-state index contributed by atoms with van der Waals surface area (Å²) in [6.07, 6.45) is 1.30. The highest BCUT2D eigenvalue weighted by Gasteiger charge is 2.22. The number of nitrogens with zero attached hydrogens (tertiary/aromatic N) is 1. The maximum absolute atomic E-state index is 11.6. The van der Waals surface area contributed by atoms with Crippen molar-refractivity contribution in [3.05, 3.63) is 30.9 Å². The largest absolute Gasteiger partial charge is 0.497 e. The van der Waals surface area contributed by atoms with E-state index in [1.165, 1.54) is 6.08 Å². The minimum absolute atomic E-state index is 0.127. The fourth-order valence-corrected chi connectivity index (χ4v) is 1.66. The summed E-state index contributed by atoms with van der Waals surface area (Å²) in [7, 11) is 1.59. The minimum Gasteiger partial charge on any atom is -0.497 e. The van der Waals surface area contributed by atoms with Gasteiger partial charge in [0.25, 0.3) is 5.91 Å². The standard InChI is InChI=1S/C12H13NO3/c1-3-12(14)13-6-7-16-11-5-4-9(15-2)8-10(11)13/h3-5,8H,1,6-7H2,2H3. The summed E-state index contributed by atoms with van der Waals surface area (Å²) in [5.41, 5.74) is 0.732. The van der Waals surface area contributed by atoms with Crippen molar-refractivity contribution in [3.8, 4) is 11.5 Å². The van der Waals surface area contributed by atoms with Gasteiger partial charge in [-0.1, -0.05) is 6.58 Å². The number of carbonyl (C=O) groups is 1. The van der Waals surface area contributed by atoms with Crippen LogP contribution in [0.2, 0.25) is 0 Å². The lowest BCUT2D eigenvalue weighted by Gasteiger charge is -2.28. The normalized spacial score (nSPS) is 13.7. The van der Waals surface area contributed by atoms with Crippen LogP contribution in [0.1, 0.15) is 0 Å². The molecule has 16 heavy (non-hydrogen) atoms. The number of carbonyl (C=O) groups excluding carboxylic acids is 1. The molecule has 1 aromatic carbocycles. The predicted octanol–water partition coefficient (Wildman–Crippen LogP) is 1.61. The van der Waals surface area contributed by atoms with Gasteiger partial charge in [-0.3, -0.25) is 4.79 Å². The highest BCUT2D eigenvalue weighted by Crippen LogP contribution is 2.34. The van der Waals surface area contributed by atoms with Crippen LogP contribution in [0.25, 0.3) is 0 Å². The second-order valence-corrected chi connectivity index (χ2v) is 3.38. The van der Waals surface area contributed by atoms with E-state index in [4.69, 9.17) is 9.47 Å². The van der Waals surface area contributed by atoms with Crippen LogP contribution in [0, 0.1) is 0 Å². The molecule has 0 aromatic heterocycles. The van der Waals surface area contributed by atoms with Crippen molar-refractivity contribution in [2.45, 2.75) is 0 Å². The number of ether oxygens (including phenoxy) is 2. The van der Waals surface area contributed by atoms with Crippen molar-refractivity contribution in [1.82, 2.24) is 0 Å². The molecule has 4 nitrogen and oxygen atoms in total. The van der Waals surface area contributed by atoms with Gasteiger partial charge in [0, 0.05) is 6.07 Å². The molecular formula is C12H13NO3. The van der Waals surface area contributed by atoms with Crippen LogP contribution in [-0.2, 0) is 4.79 Å². The van der Waals surface area contributed by atoms with Crippen LogP contribution in [0.15, 0.2) is 30.9 Å². The Kier molecular flexibility index (Phi) is 2.81. The maximum Gasteiger partial charge on any atom is 0.250 e. The smallest absolute Gasteiger partial charge is 0.250 e. The quantitative estimate of drug-likeness (QED) is 0.709. The van der Waals surface area contributed by atoms with Gasteiger partial charge >= 0.3 is 0 Å². The van der Waals surface area contributed by atoms with E-state index >= 15 is 0 Å². The van der Waals surface area contributed by atoms with Crippen molar-refractivity contribution < 1.29 is 14.3 Å². The van der Waals surface area contributed by atoms with Crippen LogP contribution >= 0.6 is 0 Å². The third-order valence-electron chi connectivity index (χ3n) is 2.47. The van der Waals surface area contributed by atoms with Gasteiger partial charge in [-0.2, -0.15) is 0 Å². The van der Waals surface area contributed by atoms with E-state index < -0.39 is 0 Å². The number of amides is 1. The van der Waals surface area contributed by atoms with Crippen LogP contribution in [0.3, 0.4) is 0 Å². The molecule has 0 saturated carbocycles. The van der Waals surface area contributed by atoms with E-state index in [-0.39, 0.29) is 5.91 Å². The number of anilines is 1. The Balaban J connectivity index is 2.42. The summed E-state index contributed by atoms with van der Waals surface area (Å²) < 4.78 is 10.6. The van der Waals surface area contributed by atoms with Crippen molar-refractivity contribution in [2.75, 3.05) is 25.2 Å².